The summed E-state index contributed by atoms with van der Waals surface area (Å²) in [4.78, 5) is 40.6. The van der Waals surface area contributed by atoms with E-state index in [1.165, 1.54) is 4.68 Å². The summed E-state index contributed by atoms with van der Waals surface area (Å²) in [5, 5.41) is 26.2. The van der Waals surface area contributed by atoms with Crippen LogP contribution in [0.15, 0.2) is 36.5 Å². The molecule has 3 aliphatic rings. The van der Waals surface area contributed by atoms with Crippen LogP contribution >= 0.6 is 0 Å². The first-order chi connectivity index (χ1) is 19.7. The van der Waals surface area contributed by atoms with Gasteiger partial charge < -0.3 is 26.4 Å². The van der Waals surface area contributed by atoms with E-state index in [0.29, 0.717) is 36.7 Å². The van der Waals surface area contributed by atoms with Gasteiger partial charge in [-0.3, -0.25) is 19.1 Å². The third-order valence-electron chi connectivity index (χ3n) is 9.83. The summed E-state index contributed by atoms with van der Waals surface area (Å²) in [5.41, 5.74) is 1.21. The average molecular weight is 565 g/mol. The number of aryl methyl sites for hydroxylation is 1. The molecule has 3 fully saturated rings. The van der Waals surface area contributed by atoms with E-state index in [1.807, 2.05) is 31.2 Å². The molecule has 2 heterocycles. The van der Waals surface area contributed by atoms with Crippen molar-refractivity contribution in [3.8, 4) is 0 Å². The van der Waals surface area contributed by atoms with Crippen molar-refractivity contribution in [2.45, 2.75) is 76.3 Å². The fraction of sp³-hybridized carbons (Fsp3) is 0.613. The smallest absolute Gasteiger partial charge is 0.270 e. The minimum Gasteiger partial charge on any atom is -0.394 e. The maximum atomic E-state index is 13.9. The van der Waals surface area contributed by atoms with Crippen LogP contribution in [0, 0.1) is 17.3 Å². The van der Waals surface area contributed by atoms with Crippen LogP contribution in [0.1, 0.15) is 74.8 Å². The number of nitrogens with one attached hydrogen (secondary N) is 4. The highest BCUT2D eigenvalue weighted by molar-refractivity contribution is 6.01. The van der Waals surface area contributed by atoms with E-state index >= 15 is 0 Å². The van der Waals surface area contributed by atoms with Crippen LogP contribution in [0.2, 0.25) is 0 Å². The molecule has 4 atom stereocenters. The molecule has 10 heteroatoms. The van der Waals surface area contributed by atoms with Crippen LogP contribution in [0.5, 0.6) is 0 Å². The number of hydrogen-bond acceptors (Lipinski definition) is 6. The van der Waals surface area contributed by atoms with Crippen molar-refractivity contribution in [2.24, 2.45) is 24.3 Å². The average Bonchev–Trinajstić information content (AvgIpc) is 3.29. The van der Waals surface area contributed by atoms with Crippen LogP contribution < -0.4 is 21.3 Å². The lowest BCUT2D eigenvalue weighted by atomic mass is 9.66. The monoisotopic (exact) mass is 564 g/mol. The molecule has 5 N–H and O–H groups in total. The fourth-order valence-electron chi connectivity index (χ4n) is 6.66. The van der Waals surface area contributed by atoms with Crippen LogP contribution in [0.4, 0.5) is 5.69 Å². The number of benzene rings is 1. The van der Waals surface area contributed by atoms with Gasteiger partial charge in [-0.1, -0.05) is 45.2 Å². The van der Waals surface area contributed by atoms with Crippen molar-refractivity contribution in [3.05, 3.63) is 47.8 Å². The zero-order chi connectivity index (χ0) is 29.2. The van der Waals surface area contributed by atoms with Crippen molar-refractivity contribution >= 4 is 23.4 Å². The highest BCUT2D eigenvalue weighted by atomic mass is 16.3. The van der Waals surface area contributed by atoms with Crippen molar-refractivity contribution in [1.29, 1.82) is 0 Å². The Morgan fingerprint density at radius 1 is 1.12 bits per heavy atom. The van der Waals surface area contributed by atoms with Crippen LogP contribution in [0.3, 0.4) is 0 Å². The maximum absolute atomic E-state index is 13.9. The van der Waals surface area contributed by atoms with Crippen LogP contribution in [-0.4, -0.2) is 64.4 Å². The number of amides is 3. The van der Waals surface area contributed by atoms with Gasteiger partial charge >= 0.3 is 0 Å². The Bertz CT molecular complexity index is 1240. The molecule has 2 aromatic rings. The Hall–Kier alpha value is -3.24. The molecule has 0 bridgehead atoms. The minimum atomic E-state index is -0.735. The Balaban J connectivity index is 1.36. The summed E-state index contributed by atoms with van der Waals surface area (Å²) in [7, 11) is 1.72. The van der Waals surface area contributed by atoms with Crippen molar-refractivity contribution in [2.75, 3.05) is 25.0 Å². The summed E-state index contributed by atoms with van der Waals surface area (Å²) in [6, 6.07) is 8.17. The predicted molar refractivity (Wildman–Crippen MR) is 156 cm³/mol. The van der Waals surface area contributed by atoms with E-state index in [9.17, 15) is 19.5 Å². The molecule has 2 unspecified atom stereocenters. The zero-order valence-electron chi connectivity index (χ0n) is 24.4. The van der Waals surface area contributed by atoms with Gasteiger partial charge in [-0.15, -0.1) is 0 Å². The topological polar surface area (TPSA) is 137 Å². The van der Waals surface area contributed by atoms with E-state index in [0.717, 1.165) is 44.2 Å². The zero-order valence-corrected chi connectivity index (χ0v) is 24.4. The van der Waals surface area contributed by atoms with Gasteiger partial charge in [-0.25, -0.2) is 0 Å². The molecule has 1 aromatic carbocycles. The summed E-state index contributed by atoms with van der Waals surface area (Å²) in [6.45, 7) is 5.30. The van der Waals surface area contributed by atoms with Gasteiger partial charge in [0.05, 0.1) is 18.1 Å². The fourth-order valence-corrected chi connectivity index (χ4v) is 6.66. The predicted octanol–water partition coefficient (Wildman–Crippen LogP) is 2.49. The molecule has 1 saturated heterocycles. The van der Waals surface area contributed by atoms with E-state index in [4.69, 9.17) is 0 Å². The molecule has 0 spiro atoms. The van der Waals surface area contributed by atoms with Gasteiger partial charge in [0.1, 0.15) is 11.7 Å². The van der Waals surface area contributed by atoms with E-state index in [1.54, 1.807) is 19.3 Å². The van der Waals surface area contributed by atoms with Gasteiger partial charge in [0, 0.05) is 25.5 Å². The van der Waals surface area contributed by atoms with E-state index in [-0.39, 0.29) is 41.7 Å². The molecule has 0 radical (unpaired) electrons. The molecule has 2 aliphatic carbocycles. The maximum Gasteiger partial charge on any atom is 0.270 e. The highest BCUT2D eigenvalue weighted by Gasteiger charge is 2.54. The number of carbonyl (C=O) groups excluding carboxylic acids is 3. The van der Waals surface area contributed by atoms with Gasteiger partial charge in [-0.2, -0.15) is 5.10 Å². The summed E-state index contributed by atoms with van der Waals surface area (Å²) >= 11 is 0. The van der Waals surface area contributed by atoms with Crippen LogP contribution in [-0.2, 0) is 22.1 Å². The van der Waals surface area contributed by atoms with Gasteiger partial charge in [0.2, 0.25) is 11.8 Å². The first-order valence-corrected chi connectivity index (χ1v) is 15.0. The summed E-state index contributed by atoms with van der Waals surface area (Å²) < 4.78 is 1.52. The second-order valence-corrected chi connectivity index (χ2v) is 12.5. The second-order valence-electron chi connectivity index (χ2n) is 12.5. The van der Waals surface area contributed by atoms with Gasteiger partial charge in [0.25, 0.3) is 5.91 Å². The van der Waals surface area contributed by atoms with Crippen molar-refractivity contribution in [1.82, 2.24) is 25.7 Å². The molecule has 10 nitrogen and oxygen atoms in total. The standard InChI is InChI=1S/C31H44N6O4/c1-4-22(18-38)35-29(41)31(15-17-32-19-31)21-8-10-23(11-9-21)34-28(40)26(36-27(39)24-12-16-33-37(24)3)25(20-6-5-7-20)30(2)13-14-30/h8-12,16,20,22,25-26,32,38H,4-7,13-15,17-19H2,1-3H3,(H,34,40)(H,35,41)(H,36,39)/t22-,25?,26+,31?/m1/s1. The summed E-state index contributed by atoms with van der Waals surface area (Å²) in [6.07, 6.45) is 8.30. The Morgan fingerprint density at radius 2 is 1.85 bits per heavy atom. The SMILES string of the molecule is CC[C@H](CO)NC(=O)C1(c2ccc(NC(=O)[C@@H](NC(=O)c3ccnn3C)C(C3CCC3)C3(C)CC3)cc2)CCNC1. The largest absolute Gasteiger partial charge is 0.394 e. The Morgan fingerprint density at radius 3 is 2.37 bits per heavy atom. The molecule has 3 amide bonds. The molecule has 2 saturated carbocycles. The lowest BCUT2D eigenvalue weighted by Gasteiger charge is -2.42. The molecule has 41 heavy (non-hydrogen) atoms. The molecular formula is C31H44N6O4. The molecule has 1 aromatic heterocycles. The molecule has 1 aliphatic heterocycles. The molecule has 222 valence electrons. The van der Waals surface area contributed by atoms with Gasteiger partial charge in [-0.05, 0) is 73.2 Å². The van der Waals surface area contributed by atoms with Crippen molar-refractivity contribution < 1.29 is 19.5 Å². The number of aliphatic hydroxyl groups is 1. The number of aliphatic hydroxyl groups excluding tert-OH is 1. The number of nitrogens with zero attached hydrogens (tertiary/aromatic N) is 2. The number of carbonyl (C=O) groups is 3. The van der Waals surface area contributed by atoms with Crippen molar-refractivity contribution in [3.63, 3.8) is 0 Å². The van der Waals surface area contributed by atoms with E-state index < -0.39 is 11.5 Å². The number of rotatable bonds is 12. The summed E-state index contributed by atoms with van der Waals surface area (Å²) in [5.74, 6) is -0.154. The number of hydrogen-bond donors (Lipinski definition) is 5. The molecule has 5 rings (SSSR count). The first kappa shape index (κ1) is 29.3. The highest BCUT2D eigenvalue weighted by Crippen LogP contribution is 2.58. The lowest BCUT2D eigenvalue weighted by Crippen LogP contribution is -2.54. The second kappa shape index (κ2) is 11.9. The van der Waals surface area contributed by atoms with Gasteiger partial charge in [0.15, 0.2) is 0 Å². The third kappa shape index (κ3) is 5.90. The Kier molecular flexibility index (Phi) is 8.52. The lowest BCUT2D eigenvalue weighted by molar-refractivity contribution is -0.127. The Labute approximate surface area is 242 Å². The number of anilines is 1. The van der Waals surface area contributed by atoms with Crippen LogP contribution in [0.25, 0.3) is 0 Å². The number of aromatic nitrogens is 2. The first-order valence-electron chi connectivity index (χ1n) is 15.0. The minimum absolute atomic E-state index is 0.0385. The third-order valence-corrected chi connectivity index (χ3v) is 9.83. The quantitative estimate of drug-likeness (QED) is 0.269. The molecular weight excluding hydrogens is 520 g/mol. The normalized spacial score (nSPS) is 23.6. The van der Waals surface area contributed by atoms with E-state index in [2.05, 4.69) is 33.3 Å².